The lowest BCUT2D eigenvalue weighted by Gasteiger charge is -2.17. The van der Waals surface area contributed by atoms with Crippen molar-refractivity contribution >= 4 is 23.0 Å². The largest absolute Gasteiger partial charge is 0.291 e. The van der Waals surface area contributed by atoms with Crippen molar-refractivity contribution in [2.75, 3.05) is 5.43 Å². The molecule has 6 nitrogen and oxygen atoms in total. The van der Waals surface area contributed by atoms with Crippen LogP contribution in [0.2, 0.25) is 0 Å². The number of carbonyl (C=O) groups excluding carboxylic acids is 2. The van der Waals surface area contributed by atoms with Crippen LogP contribution in [0.15, 0.2) is 47.6 Å². The summed E-state index contributed by atoms with van der Waals surface area (Å²) in [6.45, 7) is 3.77. The highest BCUT2D eigenvalue weighted by Gasteiger charge is 2.34. The van der Waals surface area contributed by atoms with Crippen LogP contribution in [0.5, 0.6) is 0 Å². The first-order valence-corrected chi connectivity index (χ1v) is 7.64. The Balaban J connectivity index is 1.94. The number of Topliss-reactive ketones (excluding diaryl/α,β-unsaturated/α-hetero) is 1. The van der Waals surface area contributed by atoms with Gasteiger partial charge in [0.05, 0.1) is 17.3 Å². The van der Waals surface area contributed by atoms with Crippen LogP contribution >= 0.6 is 0 Å². The number of nitrogens with one attached hydrogen (secondary N) is 1. The number of hydrazone groups is 1. The van der Waals surface area contributed by atoms with E-state index in [0.29, 0.717) is 5.69 Å². The summed E-state index contributed by atoms with van der Waals surface area (Å²) in [6.07, 6.45) is 3.03. The van der Waals surface area contributed by atoms with Gasteiger partial charge in [0.15, 0.2) is 11.5 Å². The Morgan fingerprint density at radius 2 is 1.88 bits per heavy atom. The fourth-order valence-electron chi connectivity index (χ4n) is 2.83. The highest BCUT2D eigenvalue weighted by molar-refractivity contribution is 6.70. The number of hydrogen-bond donors (Lipinski definition) is 1. The lowest BCUT2D eigenvalue weighted by molar-refractivity contribution is -0.116. The monoisotopic (exact) mass is 322 g/mol. The van der Waals surface area contributed by atoms with Gasteiger partial charge in [-0.15, -0.1) is 0 Å². The minimum Gasteiger partial charge on any atom is -0.291 e. The molecule has 3 rings (SSSR count). The van der Waals surface area contributed by atoms with Crippen molar-refractivity contribution in [2.24, 2.45) is 12.1 Å². The Morgan fingerprint density at radius 1 is 1.17 bits per heavy atom. The van der Waals surface area contributed by atoms with Gasteiger partial charge in [-0.25, -0.2) is 0 Å². The zero-order valence-electron chi connectivity index (χ0n) is 13.8. The summed E-state index contributed by atoms with van der Waals surface area (Å²) in [6, 6.07) is 9.19. The summed E-state index contributed by atoms with van der Waals surface area (Å²) < 4.78 is 1.74. The van der Waals surface area contributed by atoms with Crippen LogP contribution in [-0.4, -0.2) is 27.1 Å². The second-order valence-electron chi connectivity index (χ2n) is 5.71. The van der Waals surface area contributed by atoms with Crippen molar-refractivity contribution in [2.45, 2.75) is 19.8 Å². The smallest absolute Gasteiger partial charge is 0.209 e. The predicted octanol–water partition coefficient (Wildman–Crippen LogP) is 2.30. The first kappa shape index (κ1) is 15.9. The fraction of sp³-hybridized carbons (Fsp3) is 0.222. The summed E-state index contributed by atoms with van der Waals surface area (Å²) >= 11 is 0. The molecular formula is C18H18N4O2. The lowest BCUT2D eigenvalue weighted by atomic mass is 9.85. The van der Waals surface area contributed by atoms with E-state index in [-0.39, 0.29) is 17.3 Å². The lowest BCUT2D eigenvalue weighted by Crippen LogP contribution is -2.32. The molecule has 2 aromatic rings. The molecule has 1 atom stereocenters. The maximum Gasteiger partial charge on any atom is 0.209 e. The van der Waals surface area contributed by atoms with Gasteiger partial charge in [-0.3, -0.25) is 19.7 Å². The van der Waals surface area contributed by atoms with Crippen molar-refractivity contribution in [3.63, 3.8) is 0 Å². The molecule has 6 heteroatoms. The summed E-state index contributed by atoms with van der Waals surface area (Å²) in [7, 11) is 1.83. The van der Waals surface area contributed by atoms with E-state index in [1.807, 2.05) is 51.2 Å². The zero-order valence-corrected chi connectivity index (χ0v) is 13.8. The maximum absolute atomic E-state index is 12.8. The van der Waals surface area contributed by atoms with Gasteiger partial charge in [0.1, 0.15) is 0 Å². The van der Waals surface area contributed by atoms with Crippen molar-refractivity contribution in [1.82, 2.24) is 9.78 Å². The number of benzene rings is 1. The molecule has 0 aliphatic heterocycles. The first-order valence-electron chi connectivity index (χ1n) is 7.64. The number of para-hydroxylation sites is 1. The van der Waals surface area contributed by atoms with Crippen LogP contribution in [-0.2, 0) is 16.6 Å². The van der Waals surface area contributed by atoms with Gasteiger partial charge in [-0.1, -0.05) is 24.3 Å². The Labute approximate surface area is 139 Å². The molecule has 1 aliphatic carbocycles. The quantitative estimate of drug-likeness (QED) is 0.880. The number of anilines is 1. The highest BCUT2D eigenvalue weighted by atomic mass is 16.2. The van der Waals surface area contributed by atoms with Crippen molar-refractivity contribution in [3.05, 3.63) is 59.4 Å². The molecule has 0 fully saturated rings. The highest BCUT2D eigenvalue weighted by Crippen LogP contribution is 2.28. The van der Waals surface area contributed by atoms with Gasteiger partial charge in [-0.2, -0.15) is 10.2 Å². The van der Waals surface area contributed by atoms with Crippen molar-refractivity contribution in [3.8, 4) is 0 Å². The van der Waals surface area contributed by atoms with Gasteiger partial charge >= 0.3 is 0 Å². The van der Waals surface area contributed by atoms with Gasteiger partial charge in [0, 0.05) is 18.3 Å². The SMILES string of the molecule is Cc1nn(C)c(C)c1C1C=CC(=O)C(=NNc2ccccc2)C1=O. The number of hydrogen-bond acceptors (Lipinski definition) is 5. The van der Waals surface area contributed by atoms with Crippen LogP contribution in [0.1, 0.15) is 22.9 Å². The van der Waals surface area contributed by atoms with E-state index >= 15 is 0 Å². The molecule has 1 heterocycles. The molecule has 0 saturated carbocycles. The number of ketones is 2. The maximum atomic E-state index is 12.8. The molecule has 0 amide bonds. The molecule has 1 N–H and O–H groups in total. The van der Waals surface area contributed by atoms with Crippen molar-refractivity contribution < 1.29 is 9.59 Å². The zero-order chi connectivity index (χ0) is 17.3. The molecule has 24 heavy (non-hydrogen) atoms. The van der Waals surface area contributed by atoms with E-state index < -0.39 is 5.92 Å². The molecule has 122 valence electrons. The van der Waals surface area contributed by atoms with Crippen LogP contribution in [0.4, 0.5) is 5.69 Å². The second-order valence-corrected chi connectivity index (χ2v) is 5.71. The van der Waals surface area contributed by atoms with Crippen LogP contribution in [0, 0.1) is 13.8 Å². The summed E-state index contributed by atoms with van der Waals surface area (Å²) in [5.41, 5.74) is 5.91. The van der Waals surface area contributed by atoms with Crippen LogP contribution < -0.4 is 5.43 Å². The fourth-order valence-corrected chi connectivity index (χ4v) is 2.83. The molecular weight excluding hydrogens is 304 g/mol. The molecule has 1 aromatic carbocycles. The normalized spacial score (nSPS) is 19.1. The van der Waals surface area contributed by atoms with E-state index in [1.165, 1.54) is 6.08 Å². The minimum atomic E-state index is -0.535. The van der Waals surface area contributed by atoms with Gasteiger partial charge in [-0.05, 0) is 32.1 Å². The third kappa shape index (κ3) is 2.78. The molecule has 0 saturated heterocycles. The molecule has 0 spiro atoms. The van der Waals surface area contributed by atoms with E-state index in [0.717, 1.165) is 17.0 Å². The average molecular weight is 322 g/mol. The number of aromatic nitrogens is 2. The Bertz CT molecular complexity index is 863. The molecule has 1 aliphatic rings. The Kier molecular flexibility index (Phi) is 4.12. The summed E-state index contributed by atoms with van der Waals surface area (Å²) in [5.74, 6) is -1.24. The minimum absolute atomic E-state index is 0.0889. The number of aryl methyl sites for hydroxylation is 2. The molecule has 1 aromatic heterocycles. The summed E-state index contributed by atoms with van der Waals surface area (Å²) in [4.78, 5) is 24.9. The van der Waals surface area contributed by atoms with Gasteiger partial charge in [0.2, 0.25) is 5.78 Å². The second kappa shape index (κ2) is 6.23. The van der Waals surface area contributed by atoms with Crippen LogP contribution in [0.3, 0.4) is 0 Å². The number of allylic oxidation sites excluding steroid dienone is 2. The van der Waals surface area contributed by atoms with E-state index in [1.54, 1.807) is 10.8 Å². The van der Waals surface area contributed by atoms with E-state index in [9.17, 15) is 9.59 Å². The number of carbonyl (C=O) groups is 2. The molecule has 0 radical (unpaired) electrons. The van der Waals surface area contributed by atoms with E-state index in [4.69, 9.17) is 0 Å². The van der Waals surface area contributed by atoms with Crippen molar-refractivity contribution in [1.29, 1.82) is 0 Å². The number of nitrogens with zero attached hydrogens (tertiary/aromatic N) is 3. The summed E-state index contributed by atoms with van der Waals surface area (Å²) in [5, 5.41) is 8.39. The molecule has 1 unspecified atom stereocenters. The third-order valence-electron chi connectivity index (χ3n) is 4.14. The Hall–Kier alpha value is -3.02. The number of rotatable bonds is 3. The van der Waals surface area contributed by atoms with Gasteiger partial charge in [0.25, 0.3) is 0 Å². The third-order valence-corrected chi connectivity index (χ3v) is 4.14. The standard InChI is InChI=1S/C18H18N4O2/c1-11-16(12(2)22(3)21-11)14-9-10-15(23)17(18(14)24)20-19-13-7-5-4-6-8-13/h4-10,14,19H,1-3H3. The predicted molar refractivity (Wildman–Crippen MR) is 92.1 cm³/mol. The topological polar surface area (TPSA) is 76.3 Å². The first-order chi connectivity index (χ1) is 11.5. The van der Waals surface area contributed by atoms with E-state index in [2.05, 4.69) is 15.6 Å². The molecule has 0 bridgehead atoms. The van der Waals surface area contributed by atoms with Crippen LogP contribution in [0.25, 0.3) is 0 Å². The average Bonchev–Trinajstić information content (AvgIpc) is 2.82. The Morgan fingerprint density at radius 3 is 2.50 bits per heavy atom. The van der Waals surface area contributed by atoms with Gasteiger partial charge < -0.3 is 0 Å².